The molecule has 116 valence electrons. The molecule has 0 saturated carbocycles. The summed E-state index contributed by atoms with van der Waals surface area (Å²) < 4.78 is 40.3. The molecule has 0 unspecified atom stereocenters. The third-order valence-corrected chi connectivity index (χ3v) is 2.49. The fourth-order valence-corrected chi connectivity index (χ4v) is 1.79. The maximum Gasteiger partial charge on any atom is 0.573 e. The summed E-state index contributed by atoms with van der Waals surface area (Å²) in [6.45, 7) is 6.68. The first-order chi connectivity index (χ1) is 9.40. The van der Waals surface area contributed by atoms with Crippen LogP contribution in [0, 0.1) is 6.92 Å². The van der Waals surface area contributed by atoms with Crippen molar-refractivity contribution in [1.82, 2.24) is 5.32 Å². The zero-order chi connectivity index (χ0) is 15.6. The van der Waals surface area contributed by atoms with Crippen molar-refractivity contribution in [3.05, 3.63) is 29.3 Å². The van der Waals surface area contributed by atoms with E-state index in [9.17, 15) is 13.2 Å². The predicted octanol–water partition coefficient (Wildman–Crippen LogP) is 4.46. The Morgan fingerprint density at radius 2 is 1.75 bits per heavy atom. The number of hydrogen-bond donors (Lipinski definition) is 1. The number of aryl methyl sites for hydroxylation is 2. The highest BCUT2D eigenvalue weighted by Gasteiger charge is 2.31. The van der Waals surface area contributed by atoms with E-state index in [1.54, 1.807) is 6.92 Å². The second kappa shape index (κ2) is 9.64. The molecule has 0 spiro atoms. The normalized spacial score (nSPS) is 10.8. The average molecular weight is 291 g/mol. The van der Waals surface area contributed by atoms with Gasteiger partial charge in [-0.15, -0.1) is 13.2 Å². The highest BCUT2D eigenvalue weighted by Crippen LogP contribution is 2.25. The van der Waals surface area contributed by atoms with Crippen LogP contribution < -0.4 is 10.1 Å². The van der Waals surface area contributed by atoms with Crippen LogP contribution >= 0.6 is 0 Å². The molecule has 0 aliphatic carbocycles. The van der Waals surface area contributed by atoms with Crippen LogP contribution in [0.25, 0.3) is 0 Å². The minimum atomic E-state index is -4.63. The molecule has 2 nitrogen and oxygen atoms in total. The minimum Gasteiger partial charge on any atom is -0.406 e. The van der Waals surface area contributed by atoms with Crippen LogP contribution in [0.1, 0.15) is 37.8 Å². The first kappa shape index (κ1) is 18.8. The molecule has 0 aliphatic rings. The van der Waals surface area contributed by atoms with Gasteiger partial charge in [-0.05, 0) is 63.0 Å². The summed E-state index contributed by atoms with van der Waals surface area (Å²) in [6.07, 6.45) is -1.93. The molecular weight excluding hydrogens is 267 g/mol. The molecule has 0 bridgehead atoms. The standard InChI is InChI=1S/C13H18F3NO.C2H6/c1-10-7-11(5-3-4-6-17-2)9-12(8-10)18-13(14,15)16;1-2/h7-9,17H,3-6H2,1-2H3;1-2H3. The molecule has 1 aromatic rings. The molecule has 1 aromatic carbocycles. The Morgan fingerprint density at radius 1 is 1.10 bits per heavy atom. The SMILES string of the molecule is CC.CNCCCCc1cc(C)cc(OC(F)(F)F)c1. The van der Waals surface area contributed by atoms with E-state index in [1.165, 1.54) is 12.1 Å². The largest absolute Gasteiger partial charge is 0.573 e. The van der Waals surface area contributed by atoms with E-state index in [1.807, 2.05) is 27.0 Å². The molecule has 0 aliphatic heterocycles. The minimum absolute atomic E-state index is 0.133. The summed E-state index contributed by atoms with van der Waals surface area (Å²) in [5.74, 6) is -0.133. The van der Waals surface area contributed by atoms with Crippen molar-refractivity contribution in [2.75, 3.05) is 13.6 Å². The maximum atomic E-state index is 12.1. The zero-order valence-electron chi connectivity index (χ0n) is 12.6. The molecule has 1 N–H and O–H groups in total. The van der Waals surface area contributed by atoms with Crippen molar-refractivity contribution >= 4 is 0 Å². The fraction of sp³-hybridized carbons (Fsp3) is 0.600. The monoisotopic (exact) mass is 291 g/mol. The Labute approximate surface area is 119 Å². The molecule has 0 saturated heterocycles. The number of nitrogens with one attached hydrogen (secondary N) is 1. The van der Waals surface area contributed by atoms with Gasteiger partial charge in [0.15, 0.2) is 0 Å². The fourth-order valence-electron chi connectivity index (χ4n) is 1.79. The Morgan fingerprint density at radius 3 is 2.30 bits per heavy atom. The summed E-state index contributed by atoms with van der Waals surface area (Å²) in [5, 5.41) is 3.03. The van der Waals surface area contributed by atoms with Crippen molar-refractivity contribution in [3.8, 4) is 5.75 Å². The van der Waals surface area contributed by atoms with E-state index < -0.39 is 6.36 Å². The van der Waals surface area contributed by atoms with Gasteiger partial charge in [0.1, 0.15) is 5.75 Å². The maximum absolute atomic E-state index is 12.1. The number of halogens is 3. The molecule has 0 atom stereocenters. The molecule has 0 amide bonds. The molecule has 1 rings (SSSR count). The predicted molar refractivity (Wildman–Crippen MR) is 76.1 cm³/mol. The molecule has 0 aromatic heterocycles. The lowest BCUT2D eigenvalue weighted by Gasteiger charge is -2.11. The van der Waals surface area contributed by atoms with E-state index in [0.717, 1.165) is 36.9 Å². The van der Waals surface area contributed by atoms with Crippen LogP contribution in [-0.4, -0.2) is 20.0 Å². The van der Waals surface area contributed by atoms with Gasteiger partial charge in [-0.2, -0.15) is 0 Å². The number of benzene rings is 1. The van der Waals surface area contributed by atoms with Crippen LogP contribution in [0.3, 0.4) is 0 Å². The molecule has 20 heavy (non-hydrogen) atoms. The van der Waals surface area contributed by atoms with Crippen molar-refractivity contribution < 1.29 is 17.9 Å². The number of unbranched alkanes of at least 4 members (excludes halogenated alkanes) is 1. The van der Waals surface area contributed by atoms with Crippen LogP contribution in [-0.2, 0) is 6.42 Å². The van der Waals surface area contributed by atoms with Gasteiger partial charge in [0, 0.05) is 0 Å². The summed E-state index contributed by atoms with van der Waals surface area (Å²) in [6, 6.07) is 4.74. The van der Waals surface area contributed by atoms with Crippen LogP contribution in [0.4, 0.5) is 13.2 Å². The first-order valence-corrected chi connectivity index (χ1v) is 6.91. The molecule has 0 heterocycles. The van der Waals surface area contributed by atoms with Crippen molar-refractivity contribution in [1.29, 1.82) is 0 Å². The van der Waals surface area contributed by atoms with Gasteiger partial charge < -0.3 is 10.1 Å². The Bertz CT molecular complexity index is 378. The molecular formula is C15H24F3NO. The second-order valence-corrected chi connectivity index (χ2v) is 4.26. The lowest BCUT2D eigenvalue weighted by Crippen LogP contribution is -2.17. The van der Waals surface area contributed by atoms with E-state index in [-0.39, 0.29) is 5.75 Å². The average Bonchev–Trinajstić information content (AvgIpc) is 2.34. The zero-order valence-corrected chi connectivity index (χ0v) is 12.6. The molecule has 0 fully saturated rings. The lowest BCUT2D eigenvalue weighted by atomic mass is 10.1. The lowest BCUT2D eigenvalue weighted by molar-refractivity contribution is -0.274. The van der Waals surface area contributed by atoms with Crippen molar-refractivity contribution in [3.63, 3.8) is 0 Å². The number of alkyl halides is 3. The van der Waals surface area contributed by atoms with E-state index in [4.69, 9.17) is 0 Å². The van der Waals surface area contributed by atoms with Gasteiger partial charge in [-0.3, -0.25) is 0 Å². The summed E-state index contributed by atoms with van der Waals surface area (Å²) >= 11 is 0. The first-order valence-electron chi connectivity index (χ1n) is 6.91. The van der Waals surface area contributed by atoms with Gasteiger partial charge in [-0.25, -0.2) is 0 Å². The summed E-state index contributed by atoms with van der Waals surface area (Å²) in [4.78, 5) is 0. The van der Waals surface area contributed by atoms with Gasteiger partial charge >= 0.3 is 6.36 Å². The van der Waals surface area contributed by atoms with Gasteiger partial charge in [0.2, 0.25) is 0 Å². The Balaban J connectivity index is 0.00000172. The van der Waals surface area contributed by atoms with Gasteiger partial charge in [-0.1, -0.05) is 19.9 Å². The Hall–Kier alpha value is -1.23. The van der Waals surface area contributed by atoms with Gasteiger partial charge in [0.05, 0.1) is 0 Å². The quantitative estimate of drug-likeness (QED) is 0.781. The van der Waals surface area contributed by atoms with E-state index >= 15 is 0 Å². The molecule has 0 radical (unpaired) electrons. The Kier molecular flexibility index (Phi) is 9.05. The highest BCUT2D eigenvalue weighted by molar-refractivity contribution is 5.34. The molecule has 5 heteroatoms. The smallest absolute Gasteiger partial charge is 0.406 e. The topological polar surface area (TPSA) is 21.3 Å². The third-order valence-electron chi connectivity index (χ3n) is 2.49. The second-order valence-electron chi connectivity index (χ2n) is 4.26. The summed E-state index contributed by atoms with van der Waals surface area (Å²) in [5.41, 5.74) is 1.66. The highest BCUT2D eigenvalue weighted by atomic mass is 19.4. The number of hydrogen-bond acceptors (Lipinski definition) is 2. The summed E-state index contributed by atoms with van der Waals surface area (Å²) in [7, 11) is 1.88. The van der Waals surface area contributed by atoms with Crippen LogP contribution in [0.2, 0.25) is 0 Å². The van der Waals surface area contributed by atoms with E-state index in [0.29, 0.717) is 0 Å². The van der Waals surface area contributed by atoms with Crippen molar-refractivity contribution in [2.45, 2.75) is 46.4 Å². The number of ether oxygens (including phenoxy) is 1. The van der Waals surface area contributed by atoms with Crippen molar-refractivity contribution in [2.24, 2.45) is 0 Å². The van der Waals surface area contributed by atoms with Crippen LogP contribution in [0.15, 0.2) is 18.2 Å². The number of rotatable bonds is 6. The van der Waals surface area contributed by atoms with Crippen LogP contribution in [0.5, 0.6) is 5.75 Å². The third kappa shape index (κ3) is 8.80. The van der Waals surface area contributed by atoms with Gasteiger partial charge in [0.25, 0.3) is 0 Å². The van der Waals surface area contributed by atoms with E-state index in [2.05, 4.69) is 10.1 Å².